The highest BCUT2D eigenvalue weighted by molar-refractivity contribution is 7.71. The molecule has 1 aromatic heterocycles. The van der Waals surface area contributed by atoms with E-state index in [0.717, 1.165) is 11.4 Å². The van der Waals surface area contributed by atoms with Gasteiger partial charge in [-0.1, -0.05) is 0 Å². The summed E-state index contributed by atoms with van der Waals surface area (Å²) in [7, 11) is 0. The molecule has 3 rings (SSSR count). The van der Waals surface area contributed by atoms with Crippen molar-refractivity contribution in [2.24, 2.45) is 0 Å². The first-order valence-corrected chi connectivity index (χ1v) is 6.42. The van der Waals surface area contributed by atoms with Crippen molar-refractivity contribution >= 4 is 12.2 Å². The van der Waals surface area contributed by atoms with E-state index in [1.807, 2.05) is 0 Å². The maximum Gasteiger partial charge on any atom is 0.177 e. The normalized spacial score (nSPS) is 17.6. The van der Waals surface area contributed by atoms with Crippen molar-refractivity contribution in [2.75, 3.05) is 0 Å². The lowest BCUT2D eigenvalue weighted by Gasteiger charge is -2.13. The van der Waals surface area contributed by atoms with Gasteiger partial charge < -0.3 is 9.55 Å². The standard InChI is InChI=1S/C13H10F4N2S/c1-5-9-2-6(4-19(9)13(20)18-5)10-11(16)7(14)3-8(15)12(10)17/h3,6H,2,4H2,1H3,(H,18,20). The second kappa shape index (κ2) is 4.44. The Morgan fingerprint density at radius 1 is 1.20 bits per heavy atom. The van der Waals surface area contributed by atoms with Gasteiger partial charge in [-0.2, -0.15) is 0 Å². The fourth-order valence-corrected chi connectivity index (χ4v) is 3.08. The van der Waals surface area contributed by atoms with Crippen LogP contribution in [-0.4, -0.2) is 9.55 Å². The van der Waals surface area contributed by atoms with Crippen molar-refractivity contribution < 1.29 is 17.6 Å². The molecule has 0 aliphatic carbocycles. The fourth-order valence-electron chi connectivity index (χ4n) is 2.74. The summed E-state index contributed by atoms with van der Waals surface area (Å²) in [5.74, 6) is -6.07. The molecule has 0 bridgehead atoms. The Hall–Kier alpha value is -1.63. The number of nitrogens with one attached hydrogen (secondary N) is 1. The highest BCUT2D eigenvalue weighted by Gasteiger charge is 2.32. The summed E-state index contributed by atoms with van der Waals surface area (Å²) in [6, 6.07) is 0.223. The molecule has 0 saturated carbocycles. The average molecular weight is 302 g/mol. The molecule has 106 valence electrons. The third-order valence-electron chi connectivity index (χ3n) is 3.69. The van der Waals surface area contributed by atoms with Gasteiger partial charge in [0.2, 0.25) is 0 Å². The van der Waals surface area contributed by atoms with Crippen molar-refractivity contribution in [1.29, 1.82) is 0 Å². The molecule has 1 aromatic carbocycles. The molecule has 0 saturated heterocycles. The summed E-state index contributed by atoms with van der Waals surface area (Å²) >= 11 is 5.09. The number of aromatic nitrogens is 2. The molecule has 0 amide bonds. The molecule has 2 aromatic rings. The van der Waals surface area contributed by atoms with Gasteiger partial charge in [-0.05, 0) is 25.6 Å². The SMILES string of the molecule is Cc1[nH]c(=S)n2c1CC(c1c(F)c(F)cc(F)c1F)C2. The zero-order chi connectivity index (χ0) is 14.6. The van der Waals surface area contributed by atoms with Gasteiger partial charge in [0.05, 0.1) is 0 Å². The van der Waals surface area contributed by atoms with Gasteiger partial charge in [0.25, 0.3) is 0 Å². The van der Waals surface area contributed by atoms with Crippen LogP contribution in [-0.2, 0) is 13.0 Å². The van der Waals surface area contributed by atoms with Crippen LogP contribution in [0.15, 0.2) is 6.07 Å². The smallest absolute Gasteiger partial charge is 0.177 e. The number of rotatable bonds is 1. The van der Waals surface area contributed by atoms with E-state index in [0.29, 0.717) is 4.77 Å². The number of H-pyrrole nitrogens is 1. The Morgan fingerprint density at radius 2 is 1.80 bits per heavy atom. The summed E-state index contributed by atoms with van der Waals surface area (Å²) in [6.45, 7) is 2.00. The molecule has 1 N–H and O–H groups in total. The molecule has 20 heavy (non-hydrogen) atoms. The van der Waals surface area contributed by atoms with Crippen molar-refractivity contribution in [1.82, 2.24) is 9.55 Å². The van der Waals surface area contributed by atoms with Gasteiger partial charge in [-0.25, -0.2) is 17.6 Å². The monoisotopic (exact) mass is 302 g/mol. The second-order valence-electron chi connectivity index (χ2n) is 4.90. The van der Waals surface area contributed by atoms with Gasteiger partial charge in [-0.15, -0.1) is 0 Å². The van der Waals surface area contributed by atoms with Crippen LogP contribution >= 0.6 is 12.2 Å². The average Bonchev–Trinajstić information content (AvgIpc) is 2.91. The number of aryl methyl sites for hydroxylation is 1. The largest absolute Gasteiger partial charge is 0.335 e. The van der Waals surface area contributed by atoms with E-state index >= 15 is 0 Å². The molecule has 2 heterocycles. The molecule has 1 aliphatic rings. The molecule has 0 radical (unpaired) electrons. The van der Waals surface area contributed by atoms with Crippen LogP contribution in [0.1, 0.15) is 22.9 Å². The van der Waals surface area contributed by atoms with E-state index in [-0.39, 0.29) is 19.0 Å². The number of benzene rings is 1. The highest BCUT2D eigenvalue weighted by Crippen LogP contribution is 2.35. The van der Waals surface area contributed by atoms with Crippen LogP contribution in [0.4, 0.5) is 17.6 Å². The van der Waals surface area contributed by atoms with Crippen molar-refractivity contribution in [3.63, 3.8) is 0 Å². The third kappa shape index (κ3) is 1.80. The van der Waals surface area contributed by atoms with E-state index in [1.54, 1.807) is 11.5 Å². The molecule has 0 spiro atoms. The minimum Gasteiger partial charge on any atom is -0.335 e. The van der Waals surface area contributed by atoms with Crippen molar-refractivity contribution in [3.05, 3.63) is 51.1 Å². The molecular formula is C13H10F4N2S. The van der Waals surface area contributed by atoms with E-state index in [1.165, 1.54) is 0 Å². The lowest BCUT2D eigenvalue weighted by Crippen LogP contribution is -2.10. The van der Waals surface area contributed by atoms with Gasteiger partial charge in [-0.3, -0.25) is 0 Å². The molecule has 1 atom stereocenters. The minimum absolute atomic E-state index is 0.204. The lowest BCUT2D eigenvalue weighted by atomic mass is 9.95. The number of halogens is 4. The van der Waals surface area contributed by atoms with Gasteiger partial charge in [0.1, 0.15) is 0 Å². The lowest BCUT2D eigenvalue weighted by molar-refractivity contribution is 0.423. The molecule has 7 heteroatoms. The first-order chi connectivity index (χ1) is 9.40. The molecule has 1 unspecified atom stereocenters. The molecule has 0 fully saturated rings. The van der Waals surface area contributed by atoms with Crippen molar-refractivity contribution in [2.45, 2.75) is 25.8 Å². The highest BCUT2D eigenvalue weighted by atomic mass is 32.1. The first-order valence-electron chi connectivity index (χ1n) is 6.01. The number of nitrogens with zero attached hydrogens (tertiary/aromatic N) is 1. The number of fused-ring (bicyclic) bond motifs is 1. The van der Waals surface area contributed by atoms with Crippen LogP contribution in [0.5, 0.6) is 0 Å². The van der Waals surface area contributed by atoms with E-state index in [4.69, 9.17) is 12.2 Å². The maximum absolute atomic E-state index is 13.8. The predicted molar refractivity (Wildman–Crippen MR) is 67.1 cm³/mol. The summed E-state index contributed by atoms with van der Waals surface area (Å²) in [6.07, 6.45) is 0.287. The summed E-state index contributed by atoms with van der Waals surface area (Å²) in [4.78, 5) is 2.94. The van der Waals surface area contributed by atoms with Crippen LogP contribution in [0, 0.1) is 35.0 Å². The topological polar surface area (TPSA) is 20.7 Å². The predicted octanol–water partition coefficient (Wildman–Crippen LogP) is 3.75. The molecule has 1 aliphatic heterocycles. The van der Waals surface area contributed by atoms with Gasteiger partial charge >= 0.3 is 0 Å². The second-order valence-corrected chi connectivity index (χ2v) is 5.28. The minimum atomic E-state index is -1.38. The number of hydrogen-bond donors (Lipinski definition) is 1. The Morgan fingerprint density at radius 3 is 2.35 bits per heavy atom. The first kappa shape index (κ1) is 13.4. The number of imidazole rings is 1. The Balaban J connectivity index is 2.10. The quantitative estimate of drug-likeness (QED) is 0.483. The summed E-state index contributed by atoms with van der Waals surface area (Å²) in [5.41, 5.74) is 1.07. The zero-order valence-electron chi connectivity index (χ0n) is 10.4. The number of aromatic amines is 1. The van der Waals surface area contributed by atoms with Gasteiger partial charge in [0, 0.05) is 35.5 Å². The van der Waals surface area contributed by atoms with Crippen LogP contribution in [0.3, 0.4) is 0 Å². The van der Waals surface area contributed by atoms with Crippen LogP contribution in [0.25, 0.3) is 0 Å². The molecular weight excluding hydrogens is 292 g/mol. The summed E-state index contributed by atoms with van der Waals surface area (Å²) in [5, 5.41) is 0. The Kier molecular flexibility index (Phi) is 2.97. The zero-order valence-corrected chi connectivity index (χ0v) is 11.3. The van der Waals surface area contributed by atoms with E-state index in [9.17, 15) is 17.6 Å². The molecule has 2 nitrogen and oxygen atoms in total. The van der Waals surface area contributed by atoms with Crippen molar-refractivity contribution in [3.8, 4) is 0 Å². The van der Waals surface area contributed by atoms with E-state index in [2.05, 4.69) is 4.98 Å². The Bertz CT molecular complexity index is 736. The van der Waals surface area contributed by atoms with E-state index < -0.39 is 34.8 Å². The Labute approximate surface area is 117 Å². The maximum atomic E-state index is 13.8. The van der Waals surface area contributed by atoms with Crippen LogP contribution in [0.2, 0.25) is 0 Å². The van der Waals surface area contributed by atoms with Gasteiger partial charge in [0.15, 0.2) is 28.0 Å². The number of hydrogen-bond acceptors (Lipinski definition) is 1. The summed E-state index contributed by atoms with van der Waals surface area (Å²) < 4.78 is 56.3. The fraction of sp³-hybridized carbons (Fsp3) is 0.308. The van der Waals surface area contributed by atoms with Crippen LogP contribution < -0.4 is 0 Å². The third-order valence-corrected chi connectivity index (χ3v) is 4.02.